The summed E-state index contributed by atoms with van der Waals surface area (Å²) in [6.45, 7) is 0.686. The molecule has 1 aliphatic heterocycles. The van der Waals surface area contributed by atoms with E-state index in [2.05, 4.69) is 0 Å². The molecule has 17 heavy (non-hydrogen) atoms. The highest BCUT2D eigenvalue weighted by Gasteiger charge is 2.20. The minimum absolute atomic E-state index is 0.0485. The summed E-state index contributed by atoms with van der Waals surface area (Å²) in [7, 11) is 1.52. The molecule has 0 atom stereocenters. The predicted molar refractivity (Wildman–Crippen MR) is 65.7 cm³/mol. The second kappa shape index (κ2) is 4.66. The zero-order valence-electron chi connectivity index (χ0n) is 9.10. The number of anilines is 1. The summed E-state index contributed by atoms with van der Waals surface area (Å²) in [5.41, 5.74) is 0.721. The fourth-order valence-corrected chi connectivity index (χ4v) is 2.64. The number of halogens is 1. The molecule has 0 unspecified atom stereocenters. The van der Waals surface area contributed by atoms with Crippen LogP contribution in [0.3, 0.4) is 0 Å². The Morgan fingerprint density at radius 1 is 1.12 bits per heavy atom. The van der Waals surface area contributed by atoms with Crippen LogP contribution in [0.1, 0.15) is 19.3 Å². The summed E-state index contributed by atoms with van der Waals surface area (Å²) >= 11 is 0. The molecule has 0 N–H and O–H groups in total. The van der Waals surface area contributed by atoms with Gasteiger partial charge in [0.15, 0.2) is 0 Å². The number of nitrogens with zero attached hydrogens (tertiary/aromatic N) is 1. The van der Waals surface area contributed by atoms with Gasteiger partial charge in [0.05, 0.1) is 4.90 Å². The van der Waals surface area contributed by atoms with Crippen LogP contribution in [0.15, 0.2) is 29.2 Å². The van der Waals surface area contributed by atoms with E-state index in [1.54, 1.807) is 17.0 Å². The fourth-order valence-electron chi connectivity index (χ4n) is 1.87. The van der Waals surface area contributed by atoms with Crippen molar-refractivity contribution in [2.24, 2.45) is 0 Å². The molecule has 0 bridgehead atoms. The van der Waals surface area contributed by atoms with Gasteiger partial charge in [-0.25, -0.2) is 8.42 Å². The van der Waals surface area contributed by atoms with Crippen LogP contribution in [0, 0.1) is 0 Å². The third-order valence-electron chi connectivity index (χ3n) is 2.75. The molecule has 92 valence electrons. The Kier molecular flexibility index (Phi) is 3.40. The number of carbonyl (C=O) groups is 1. The highest BCUT2D eigenvalue weighted by molar-refractivity contribution is 8.13. The SMILES string of the molecule is O=C1CCCCN1c1ccc(S(=O)(=O)Cl)cc1. The molecule has 6 heteroatoms. The van der Waals surface area contributed by atoms with Gasteiger partial charge in [-0.2, -0.15) is 0 Å². The summed E-state index contributed by atoms with van der Waals surface area (Å²) in [6.07, 6.45) is 2.44. The summed E-state index contributed by atoms with van der Waals surface area (Å²) < 4.78 is 22.1. The van der Waals surface area contributed by atoms with Crippen LogP contribution in [-0.2, 0) is 13.8 Å². The van der Waals surface area contributed by atoms with Crippen LogP contribution in [0.5, 0.6) is 0 Å². The Morgan fingerprint density at radius 2 is 1.76 bits per heavy atom. The Labute approximate surface area is 105 Å². The van der Waals surface area contributed by atoms with Crippen molar-refractivity contribution in [3.8, 4) is 0 Å². The molecule has 0 spiro atoms. The van der Waals surface area contributed by atoms with Crippen LogP contribution in [0.4, 0.5) is 5.69 Å². The van der Waals surface area contributed by atoms with Crippen molar-refractivity contribution in [1.82, 2.24) is 0 Å². The van der Waals surface area contributed by atoms with Gasteiger partial charge in [0.2, 0.25) is 5.91 Å². The Balaban J connectivity index is 2.26. The van der Waals surface area contributed by atoms with Gasteiger partial charge in [-0.05, 0) is 37.1 Å². The van der Waals surface area contributed by atoms with Crippen LogP contribution >= 0.6 is 10.7 Å². The highest BCUT2D eigenvalue weighted by Crippen LogP contribution is 2.23. The first-order chi connectivity index (χ1) is 7.98. The maximum absolute atomic E-state index is 11.7. The normalized spacial score (nSPS) is 17.2. The largest absolute Gasteiger partial charge is 0.312 e. The lowest BCUT2D eigenvalue weighted by molar-refractivity contribution is -0.119. The van der Waals surface area contributed by atoms with Gasteiger partial charge < -0.3 is 4.90 Å². The van der Waals surface area contributed by atoms with Crippen molar-refractivity contribution in [1.29, 1.82) is 0 Å². The second-order valence-corrected chi connectivity index (χ2v) is 6.50. The molecule has 1 saturated heterocycles. The van der Waals surface area contributed by atoms with Crippen molar-refractivity contribution in [2.75, 3.05) is 11.4 Å². The van der Waals surface area contributed by atoms with Gasteiger partial charge in [0.1, 0.15) is 0 Å². The molecule has 0 radical (unpaired) electrons. The molecular weight excluding hydrogens is 262 g/mol. The number of hydrogen-bond acceptors (Lipinski definition) is 3. The molecular formula is C11H12ClNO3S. The predicted octanol–water partition coefficient (Wildman–Crippen LogP) is 2.13. The molecule has 2 rings (SSSR count). The molecule has 1 aliphatic rings. The van der Waals surface area contributed by atoms with E-state index < -0.39 is 9.05 Å². The third-order valence-corrected chi connectivity index (χ3v) is 4.12. The molecule has 1 fully saturated rings. The summed E-state index contributed by atoms with van der Waals surface area (Å²) in [4.78, 5) is 13.4. The topological polar surface area (TPSA) is 54.5 Å². The van der Waals surface area contributed by atoms with Crippen LogP contribution in [-0.4, -0.2) is 20.9 Å². The highest BCUT2D eigenvalue weighted by atomic mass is 35.7. The zero-order chi connectivity index (χ0) is 12.5. The quantitative estimate of drug-likeness (QED) is 0.776. The van der Waals surface area contributed by atoms with Crippen LogP contribution in [0.25, 0.3) is 0 Å². The minimum Gasteiger partial charge on any atom is -0.312 e. The first kappa shape index (κ1) is 12.4. The third kappa shape index (κ3) is 2.79. The standard InChI is InChI=1S/C11H12ClNO3S/c12-17(15,16)10-6-4-9(5-7-10)13-8-2-1-3-11(13)14/h4-7H,1-3,8H2. The summed E-state index contributed by atoms with van der Waals surface area (Å²) in [6, 6.07) is 6.05. The number of benzene rings is 1. The Morgan fingerprint density at radius 3 is 2.29 bits per heavy atom. The number of amides is 1. The Bertz CT molecular complexity index is 524. The molecule has 4 nitrogen and oxygen atoms in total. The number of hydrogen-bond donors (Lipinski definition) is 0. The zero-order valence-corrected chi connectivity index (χ0v) is 10.7. The first-order valence-corrected chi connectivity index (χ1v) is 7.64. The van der Waals surface area contributed by atoms with E-state index in [-0.39, 0.29) is 10.8 Å². The maximum Gasteiger partial charge on any atom is 0.261 e. The lowest BCUT2D eigenvalue weighted by Crippen LogP contribution is -2.35. The Hall–Kier alpha value is -1.07. The van der Waals surface area contributed by atoms with Gasteiger partial charge in [-0.15, -0.1) is 0 Å². The lowest BCUT2D eigenvalue weighted by Gasteiger charge is -2.26. The summed E-state index contributed by atoms with van der Waals surface area (Å²) in [5.74, 6) is 0.0812. The monoisotopic (exact) mass is 273 g/mol. The van der Waals surface area contributed by atoms with Crippen LogP contribution in [0.2, 0.25) is 0 Å². The van der Waals surface area contributed by atoms with E-state index >= 15 is 0 Å². The molecule has 1 aromatic carbocycles. The van der Waals surface area contributed by atoms with E-state index in [1.165, 1.54) is 12.1 Å². The number of rotatable bonds is 2. The average molecular weight is 274 g/mol. The molecule has 1 heterocycles. The van der Waals surface area contributed by atoms with E-state index in [1.807, 2.05) is 0 Å². The second-order valence-electron chi connectivity index (χ2n) is 3.93. The van der Waals surface area contributed by atoms with Crippen LogP contribution < -0.4 is 4.90 Å². The molecule has 0 aromatic heterocycles. The molecule has 1 aromatic rings. The van der Waals surface area contributed by atoms with Gasteiger partial charge in [0.25, 0.3) is 9.05 Å². The minimum atomic E-state index is -3.70. The average Bonchev–Trinajstić information content (AvgIpc) is 2.29. The van der Waals surface area contributed by atoms with E-state index in [9.17, 15) is 13.2 Å². The molecule has 1 amide bonds. The van der Waals surface area contributed by atoms with Gasteiger partial charge in [0, 0.05) is 29.3 Å². The summed E-state index contributed by atoms with van der Waals surface area (Å²) in [5, 5.41) is 0. The van der Waals surface area contributed by atoms with Gasteiger partial charge in [-0.3, -0.25) is 4.79 Å². The van der Waals surface area contributed by atoms with Gasteiger partial charge >= 0.3 is 0 Å². The van der Waals surface area contributed by atoms with E-state index in [0.717, 1.165) is 18.5 Å². The van der Waals surface area contributed by atoms with Crippen molar-refractivity contribution >= 4 is 31.3 Å². The molecule has 0 aliphatic carbocycles. The van der Waals surface area contributed by atoms with Crippen molar-refractivity contribution < 1.29 is 13.2 Å². The smallest absolute Gasteiger partial charge is 0.261 e. The molecule has 0 saturated carbocycles. The lowest BCUT2D eigenvalue weighted by atomic mass is 10.1. The van der Waals surface area contributed by atoms with Crippen molar-refractivity contribution in [3.63, 3.8) is 0 Å². The number of carbonyl (C=O) groups excluding carboxylic acids is 1. The van der Waals surface area contributed by atoms with E-state index in [0.29, 0.717) is 13.0 Å². The first-order valence-electron chi connectivity index (χ1n) is 5.33. The fraction of sp³-hybridized carbons (Fsp3) is 0.364. The van der Waals surface area contributed by atoms with E-state index in [4.69, 9.17) is 10.7 Å². The van der Waals surface area contributed by atoms with Gasteiger partial charge in [-0.1, -0.05) is 0 Å². The number of piperidine rings is 1. The van der Waals surface area contributed by atoms with Crippen molar-refractivity contribution in [3.05, 3.63) is 24.3 Å². The maximum atomic E-state index is 11.7. The van der Waals surface area contributed by atoms with Crippen molar-refractivity contribution in [2.45, 2.75) is 24.2 Å².